The van der Waals surface area contributed by atoms with E-state index in [2.05, 4.69) is 54.0 Å². The Hall–Kier alpha value is -4.67. The highest BCUT2D eigenvalue weighted by Crippen LogP contribution is 2.10. The first-order valence-electron chi connectivity index (χ1n) is 20.3. The van der Waals surface area contributed by atoms with E-state index in [4.69, 9.17) is 18.9 Å². The number of hydrazine groups is 4. The van der Waals surface area contributed by atoms with Gasteiger partial charge in [0.05, 0.1) is 0 Å². The van der Waals surface area contributed by atoms with Crippen molar-refractivity contribution in [2.45, 2.75) is 181 Å². The quantitative estimate of drug-likeness (QED) is 0.0357. The molecule has 22 nitrogen and oxygen atoms in total. The first-order chi connectivity index (χ1) is 27.6. The van der Waals surface area contributed by atoms with Gasteiger partial charge >= 0.3 is 30.3 Å². The van der Waals surface area contributed by atoms with E-state index in [1.165, 1.54) is 0 Å². The smallest absolute Gasteiger partial charge is 0.422 e. The van der Waals surface area contributed by atoms with Gasteiger partial charge in [-0.15, -0.1) is 0 Å². The second-order valence-electron chi connectivity index (χ2n) is 17.9. The number of carboxylic acids is 1. The highest BCUT2D eigenvalue weighted by atomic mass is 16.6. The molecule has 11 N–H and O–H groups in total. The average molecular weight is 863 g/mol. The molecule has 0 aliphatic heterocycles. The van der Waals surface area contributed by atoms with Crippen molar-refractivity contribution >= 4 is 42.2 Å². The highest BCUT2D eigenvalue weighted by molar-refractivity contribution is 5.87. The minimum Gasteiger partial charge on any atom is -0.480 e. The van der Waals surface area contributed by atoms with Crippen molar-refractivity contribution in [3.05, 3.63) is 0 Å². The van der Waals surface area contributed by atoms with Crippen LogP contribution in [0.15, 0.2) is 0 Å². The SMILES string of the molecule is CC(C)(C)OC(=O)NNCCCC[C@H](NNC(=O)OC(C)(C)C)C(=O)NCCCC[C@H](NC(=O)[C@H](CCCCNNC(=O)OC(C)(C)C)NNC(=O)OC(C)(C)C)C(=O)O. The number of nitrogens with one attached hydrogen (secondary N) is 10. The van der Waals surface area contributed by atoms with Gasteiger partial charge in [-0.05, 0) is 141 Å². The number of amides is 6. The molecule has 348 valence electrons. The standard InChI is InChI=1S/C38H74N10O12/c1-35(2,3)57-31(53)45-40-23-17-14-19-25(43-47-33(55)59-37(7,8)9)28(49)39-22-16-13-21-27(30(51)52)42-29(50)26(44-48-34(56)60-38(10,11)12)20-15-18-24-41-46-32(54)58-36(4,5)6/h25-27,40-41,43-44H,13-24H2,1-12H3,(H,39,49)(H,42,50)(H,45,53)(H,46,54)(H,47,55)(H,48,56)(H,51,52)/t25-,26-,27-/m0/s1. The lowest BCUT2D eigenvalue weighted by Crippen LogP contribution is -2.55. The van der Waals surface area contributed by atoms with Crippen LogP contribution >= 0.6 is 0 Å². The lowest BCUT2D eigenvalue weighted by Gasteiger charge is -2.24. The third kappa shape index (κ3) is 32.2. The van der Waals surface area contributed by atoms with Gasteiger partial charge in [0, 0.05) is 19.6 Å². The summed E-state index contributed by atoms with van der Waals surface area (Å²) in [5.74, 6) is -2.36. The molecule has 0 bridgehead atoms. The van der Waals surface area contributed by atoms with Crippen LogP contribution in [0.4, 0.5) is 19.2 Å². The summed E-state index contributed by atoms with van der Waals surface area (Å²) in [6.07, 6.45) is 0.359. The summed E-state index contributed by atoms with van der Waals surface area (Å²) in [6, 6.07) is -3.16. The lowest BCUT2D eigenvalue weighted by atomic mass is 10.1. The second-order valence-corrected chi connectivity index (χ2v) is 17.9. The largest absolute Gasteiger partial charge is 0.480 e. The average Bonchev–Trinajstić information content (AvgIpc) is 3.06. The van der Waals surface area contributed by atoms with Crippen LogP contribution in [0.1, 0.15) is 141 Å². The molecule has 0 fully saturated rings. The molecule has 0 saturated carbocycles. The summed E-state index contributed by atoms with van der Waals surface area (Å²) in [6.45, 7) is 21.5. The van der Waals surface area contributed by atoms with Crippen LogP contribution < -0.4 is 54.0 Å². The van der Waals surface area contributed by atoms with Crippen molar-refractivity contribution in [1.29, 1.82) is 0 Å². The molecule has 0 unspecified atom stereocenters. The molecule has 0 aliphatic carbocycles. The van der Waals surface area contributed by atoms with Gasteiger partial charge in [0.25, 0.3) is 0 Å². The van der Waals surface area contributed by atoms with Gasteiger partial charge in [-0.3, -0.25) is 31.3 Å². The molecular weight excluding hydrogens is 788 g/mol. The monoisotopic (exact) mass is 863 g/mol. The summed E-state index contributed by atoms with van der Waals surface area (Å²) in [5.41, 5.74) is 17.6. The highest BCUT2D eigenvalue weighted by Gasteiger charge is 2.27. The van der Waals surface area contributed by atoms with Gasteiger partial charge in [0.1, 0.15) is 40.5 Å². The van der Waals surface area contributed by atoms with Crippen molar-refractivity contribution in [3.63, 3.8) is 0 Å². The predicted molar refractivity (Wildman–Crippen MR) is 221 cm³/mol. The van der Waals surface area contributed by atoms with Crippen molar-refractivity contribution in [1.82, 2.24) is 54.0 Å². The molecule has 3 atom stereocenters. The third-order valence-electron chi connectivity index (χ3n) is 7.23. The zero-order chi connectivity index (χ0) is 46.2. The normalized spacial score (nSPS) is 13.4. The maximum atomic E-state index is 13.3. The van der Waals surface area contributed by atoms with Crippen LogP contribution in [0.3, 0.4) is 0 Å². The van der Waals surface area contributed by atoms with E-state index in [1.807, 2.05) is 0 Å². The second kappa shape index (κ2) is 27.2. The molecule has 0 spiro atoms. The van der Waals surface area contributed by atoms with E-state index in [9.17, 15) is 38.7 Å². The van der Waals surface area contributed by atoms with Crippen LogP contribution in [0.2, 0.25) is 0 Å². The molecule has 6 amide bonds. The molecule has 0 aromatic carbocycles. The predicted octanol–water partition coefficient (Wildman–Crippen LogP) is 3.04. The van der Waals surface area contributed by atoms with Crippen LogP contribution in [0.25, 0.3) is 0 Å². The first-order valence-corrected chi connectivity index (χ1v) is 20.3. The maximum absolute atomic E-state index is 13.3. The van der Waals surface area contributed by atoms with Gasteiger partial charge in [0.15, 0.2) is 0 Å². The van der Waals surface area contributed by atoms with Crippen molar-refractivity contribution in [2.24, 2.45) is 0 Å². The number of rotatable bonds is 25. The fourth-order valence-corrected chi connectivity index (χ4v) is 4.78. The zero-order valence-electron chi connectivity index (χ0n) is 37.7. The number of ether oxygens (including phenoxy) is 4. The Morgan fingerprint density at radius 3 is 1.10 bits per heavy atom. The zero-order valence-corrected chi connectivity index (χ0v) is 37.7. The number of carboxylic acid groups (broad SMARTS) is 1. The van der Waals surface area contributed by atoms with Crippen LogP contribution in [-0.4, -0.2) is 107 Å². The molecule has 0 heterocycles. The van der Waals surface area contributed by atoms with E-state index in [-0.39, 0.29) is 19.4 Å². The fraction of sp³-hybridized carbons (Fsp3) is 0.816. The summed E-state index contributed by atoms with van der Waals surface area (Å²) < 4.78 is 20.8. The van der Waals surface area contributed by atoms with Gasteiger partial charge in [-0.2, -0.15) is 0 Å². The van der Waals surface area contributed by atoms with E-state index in [0.29, 0.717) is 58.0 Å². The fourth-order valence-electron chi connectivity index (χ4n) is 4.78. The minimum atomic E-state index is -1.27. The lowest BCUT2D eigenvalue weighted by molar-refractivity contribution is -0.142. The summed E-state index contributed by atoms with van der Waals surface area (Å²) in [4.78, 5) is 86.8. The molecule has 60 heavy (non-hydrogen) atoms. The first kappa shape index (κ1) is 55.3. The van der Waals surface area contributed by atoms with Gasteiger partial charge in [0.2, 0.25) is 11.8 Å². The topological polar surface area (TPSA) is 297 Å². The Labute approximate surface area is 354 Å². The Kier molecular flexibility index (Phi) is 25.1. The summed E-state index contributed by atoms with van der Waals surface area (Å²) in [7, 11) is 0. The molecule has 0 aliphatic rings. The van der Waals surface area contributed by atoms with Crippen LogP contribution in [0.5, 0.6) is 0 Å². The van der Waals surface area contributed by atoms with Gasteiger partial charge in [-0.1, -0.05) is 0 Å². The van der Waals surface area contributed by atoms with E-state index < -0.39 is 82.7 Å². The Balaban J connectivity index is 5.21. The van der Waals surface area contributed by atoms with Crippen LogP contribution in [-0.2, 0) is 33.3 Å². The van der Waals surface area contributed by atoms with Crippen molar-refractivity contribution < 1.29 is 57.6 Å². The number of hydrogen-bond donors (Lipinski definition) is 11. The van der Waals surface area contributed by atoms with Gasteiger partial charge in [-0.25, -0.2) is 45.7 Å². The Morgan fingerprint density at radius 1 is 0.433 bits per heavy atom. The third-order valence-corrected chi connectivity index (χ3v) is 7.23. The minimum absolute atomic E-state index is 0.0373. The number of hydrogen-bond acceptors (Lipinski definition) is 15. The number of carbonyl (C=O) groups is 7. The molecule has 22 heteroatoms. The summed E-state index contributed by atoms with van der Waals surface area (Å²) in [5, 5.41) is 15.2. The number of aliphatic carboxylic acids is 1. The van der Waals surface area contributed by atoms with Crippen molar-refractivity contribution in [2.75, 3.05) is 19.6 Å². The maximum Gasteiger partial charge on any atom is 0.422 e. The number of unbranched alkanes of at least 4 members (excludes halogenated alkanes) is 3. The molecule has 0 aromatic rings. The van der Waals surface area contributed by atoms with Crippen molar-refractivity contribution in [3.8, 4) is 0 Å². The van der Waals surface area contributed by atoms with Crippen LogP contribution in [0, 0.1) is 0 Å². The van der Waals surface area contributed by atoms with E-state index >= 15 is 0 Å². The molecule has 0 radical (unpaired) electrons. The number of carbonyl (C=O) groups excluding carboxylic acids is 6. The summed E-state index contributed by atoms with van der Waals surface area (Å²) >= 11 is 0. The molecular formula is C38H74N10O12. The molecule has 0 saturated heterocycles. The van der Waals surface area contributed by atoms with E-state index in [0.717, 1.165) is 0 Å². The van der Waals surface area contributed by atoms with E-state index in [1.54, 1.807) is 83.1 Å². The Morgan fingerprint density at radius 2 is 0.750 bits per heavy atom. The van der Waals surface area contributed by atoms with Gasteiger partial charge < -0.3 is 34.7 Å². The Bertz CT molecular complexity index is 1360. The molecule has 0 aromatic heterocycles. The molecule has 0 rings (SSSR count).